The Kier molecular flexibility index (Phi) is 1.96. The van der Waals surface area contributed by atoms with Crippen molar-refractivity contribution < 1.29 is 9.50 Å². The fraction of sp³-hybridized carbons (Fsp3) is 0.364. The molecule has 0 fully saturated rings. The third-order valence-electron chi connectivity index (χ3n) is 2.41. The van der Waals surface area contributed by atoms with Gasteiger partial charge in [-0.05, 0) is 19.9 Å². The first-order chi connectivity index (χ1) is 6.91. The SMILES string of the molecule is Cn1nc(C(C)(C)F)c2cccc(O)c21. The number of phenols is 1. The molecule has 0 bridgehead atoms. The van der Waals surface area contributed by atoms with Crippen molar-refractivity contribution in [2.24, 2.45) is 7.05 Å². The minimum absolute atomic E-state index is 0.123. The molecule has 15 heavy (non-hydrogen) atoms. The lowest BCUT2D eigenvalue weighted by atomic mass is 10.0. The fourth-order valence-electron chi connectivity index (χ4n) is 1.76. The molecule has 0 aliphatic carbocycles. The molecular formula is C11H13FN2O. The lowest BCUT2D eigenvalue weighted by Crippen LogP contribution is -2.10. The number of hydrogen-bond acceptors (Lipinski definition) is 2. The van der Waals surface area contributed by atoms with Crippen molar-refractivity contribution in [3.05, 3.63) is 23.9 Å². The number of halogens is 1. The molecule has 2 aromatic rings. The highest BCUT2D eigenvalue weighted by atomic mass is 19.1. The molecule has 4 heteroatoms. The third kappa shape index (κ3) is 1.46. The second-order valence-electron chi connectivity index (χ2n) is 4.12. The number of aryl methyl sites for hydroxylation is 1. The molecule has 0 saturated carbocycles. The lowest BCUT2D eigenvalue weighted by molar-refractivity contribution is 0.215. The Balaban J connectivity index is 2.85. The van der Waals surface area contributed by atoms with Crippen molar-refractivity contribution in [1.29, 1.82) is 0 Å². The van der Waals surface area contributed by atoms with Gasteiger partial charge in [-0.15, -0.1) is 0 Å². The van der Waals surface area contributed by atoms with Crippen LogP contribution in [0, 0.1) is 0 Å². The van der Waals surface area contributed by atoms with Crippen LogP contribution in [-0.4, -0.2) is 14.9 Å². The summed E-state index contributed by atoms with van der Waals surface area (Å²) in [4.78, 5) is 0. The maximum absolute atomic E-state index is 13.8. The van der Waals surface area contributed by atoms with Crippen LogP contribution >= 0.6 is 0 Å². The van der Waals surface area contributed by atoms with Gasteiger partial charge in [0.1, 0.15) is 22.6 Å². The number of para-hydroxylation sites is 1. The van der Waals surface area contributed by atoms with Crippen molar-refractivity contribution >= 4 is 10.9 Å². The van der Waals surface area contributed by atoms with E-state index in [-0.39, 0.29) is 5.75 Å². The third-order valence-corrected chi connectivity index (χ3v) is 2.41. The average molecular weight is 208 g/mol. The predicted octanol–water partition coefficient (Wildman–Crippen LogP) is 2.48. The molecule has 1 aromatic heterocycles. The number of aromatic nitrogens is 2. The molecular weight excluding hydrogens is 195 g/mol. The van der Waals surface area contributed by atoms with Gasteiger partial charge in [0, 0.05) is 12.4 Å². The van der Waals surface area contributed by atoms with E-state index in [4.69, 9.17) is 0 Å². The zero-order valence-corrected chi connectivity index (χ0v) is 8.95. The predicted molar refractivity (Wildman–Crippen MR) is 56.5 cm³/mol. The molecule has 1 aromatic carbocycles. The van der Waals surface area contributed by atoms with Gasteiger partial charge in [-0.3, -0.25) is 4.68 Å². The molecule has 0 atom stereocenters. The summed E-state index contributed by atoms with van der Waals surface area (Å²) in [6, 6.07) is 5.02. The van der Waals surface area contributed by atoms with Crippen LogP contribution in [0.25, 0.3) is 10.9 Å². The monoisotopic (exact) mass is 208 g/mol. The summed E-state index contributed by atoms with van der Waals surface area (Å²) in [6.45, 7) is 2.91. The fourth-order valence-corrected chi connectivity index (χ4v) is 1.76. The van der Waals surface area contributed by atoms with E-state index in [0.29, 0.717) is 16.6 Å². The number of fused-ring (bicyclic) bond motifs is 1. The number of rotatable bonds is 1. The van der Waals surface area contributed by atoms with E-state index in [9.17, 15) is 9.50 Å². The van der Waals surface area contributed by atoms with E-state index in [1.54, 1.807) is 25.2 Å². The second-order valence-corrected chi connectivity index (χ2v) is 4.12. The Hall–Kier alpha value is -1.58. The Morgan fingerprint density at radius 1 is 1.40 bits per heavy atom. The smallest absolute Gasteiger partial charge is 0.149 e. The lowest BCUT2D eigenvalue weighted by Gasteiger charge is -2.10. The molecule has 0 spiro atoms. The zero-order chi connectivity index (χ0) is 11.2. The second kappa shape index (κ2) is 2.95. The minimum Gasteiger partial charge on any atom is -0.506 e. The summed E-state index contributed by atoms with van der Waals surface area (Å²) in [5.41, 5.74) is -0.582. The number of phenolic OH excluding ortho intramolecular Hbond substituents is 1. The highest BCUT2D eigenvalue weighted by molar-refractivity contribution is 5.87. The van der Waals surface area contributed by atoms with Crippen LogP contribution in [0.3, 0.4) is 0 Å². The summed E-state index contributed by atoms with van der Waals surface area (Å²) in [5.74, 6) is 0.123. The molecule has 0 aliphatic heterocycles. The van der Waals surface area contributed by atoms with Gasteiger partial charge in [0.25, 0.3) is 0 Å². The first kappa shape index (κ1) is 9.96. The number of nitrogens with zero attached hydrogens (tertiary/aromatic N) is 2. The van der Waals surface area contributed by atoms with E-state index in [1.807, 2.05) is 0 Å². The normalized spacial score (nSPS) is 12.3. The summed E-state index contributed by atoms with van der Waals surface area (Å²) in [6.07, 6.45) is 0. The summed E-state index contributed by atoms with van der Waals surface area (Å²) < 4.78 is 15.3. The van der Waals surface area contributed by atoms with Crippen molar-refractivity contribution in [3.8, 4) is 5.75 Å². The Morgan fingerprint density at radius 2 is 2.07 bits per heavy atom. The summed E-state index contributed by atoms with van der Waals surface area (Å²) in [5, 5.41) is 14.4. The van der Waals surface area contributed by atoms with Gasteiger partial charge in [0.05, 0.1) is 0 Å². The van der Waals surface area contributed by atoms with Crippen LogP contribution in [0.1, 0.15) is 19.5 Å². The Morgan fingerprint density at radius 3 is 2.67 bits per heavy atom. The molecule has 3 nitrogen and oxygen atoms in total. The average Bonchev–Trinajstić information content (AvgIpc) is 2.44. The van der Waals surface area contributed by atoms with Crippen molar-refractivity contribution in [1.82, 2.24) is 9.78 Å². The van der Waals surface area contributed by atoms with E-state index in [2.05, 4.69) is 5.10 Å². The van der Waals surface area contributed by atoms with E-state index < -0.39 is 5.67 Å². The van der Waals surface area contributed by atoms with E-state index in [0.717, 1.165) is 0 Å². The van der Waals surface area contributed by atoms with Gasteiger partial charge >= 0.3 is 0 Å². The maximum Gasteiger partial charge on any atom is 0.149 e. The molecule has 80 valence electrons. The molecule has 0 amide bonds. The summed E-state index contributed by atoms with van der Waals surface area (Å²) in [7, 11) is 1.69. The summed E-state index contributed by atoms with van der Waals surface area (Å²) >= 11 is 0. The number of aromatic hydroxyl groups is 1. The Bertz CT molecular complexity index is 511. The highest BCUT2D eigenvalue weighted by Crippen LogP contribution is 2.33. The van der Waals surface area contributed by atoms with E-state index >= 15 is 0 Å². The first-order valence-corrected chi connectivity index (χ1v) is 4.75. The van der Waals surface area contributed by atoms with Gasteiger partial charge in [0.15, 0.2) is 0 Å². The van der Waals surface area contributed by atoms with Crippen molar-refractivity contribution in [3.63, 3.8) is 0 Å². The van der Waals surface area contributed by atoms with Crippen LogP contribution in [0.4, 0.5) is 4.39 Å². The van der Waals surface area contributed by atoms with Gasteiger partial charge in [-0.2, -0.15) is 5.10 Å². The molecule has 0 radical (unpaired) electrons. The standard InChI is InChI=1S/C11H13FN2O/c1-11(2,12)10-7-5-4-6-8(15)9(7)14(3)13-10/h4-6,15H,1-3H3. The maximum atomic E-state index is 13.8. The van der Waals surface area contributed by atoms with Gasteiger partial charge in [-0.25, -0.2) is 4.39 Å². The quantitative estimate of drug-likeness (QED) is 0.781. The van der Waals surface area contributed by atoms with Crippen molar-refractivity contribution in [2.45, 2.75) is 19.5 Å². The van der Waals surface area contributed by atoms with Crippen LogP contribution in [-0.2, 0) is 12.7 Å². The molecule has 0 unspecified atom stereocenters. The number of hydrogen-bond donors (Lipinski definition) is 1. The van der Waals surface area contributed by atoms with Crippen LogP contribution in [0.15, 0.2) is 18.2 Å². The van der Waals surface area contributed by atoms with Crippen LogP contribution in [0.2, 0.25) is 0 Å². The zero-order valence-electron chi connectivity index (χ0n) is 8.95. The molecule has 1 N–H and O–H groups in total. The van der Waals surface area contributed by atoms with Crippen LogP contribution < -0.4 is 0 Å². The van der Waals surface area contributed by atoms with Crippen molar-refractivity contribution in [2.75, 3.05) is 0 Å². The Labute approximate surface area is 87.1 Å². The number of benzene rings is 1. The van der Waals surface area contributed by atoms with E-state index in [1.165, 1.54) is 18.5 Å². The van der Waals surface area contributed by atoms with Gasteiger partial charge in [0.2, 0.25) is 0 Å². The van der Waals surface area contributed by atoms with Crippen LogP contribution in [0.5, 0.6) is 5.75 Å². The molecule has 1 heterocycles. The largest absolute Gasteiger partial charge is 0.506 e. The van der Waals surface area contributed by atoms with Gasteiger partial charge < -0.3 is 5.11 Å². The molecule has 2 rings (SSSR count). The minimum atomic E-state index is -1.51. The molecule has 0 aliphatic rings. The molecule has 0 saturated heterocycles. The first-order valence-electron chi connectivity index (χ1n) is 4.75. The topological polar surface area (TPSA) is 38.0 Å². The van der Waals surface area contributed by atoms with Gasteiger partial charge in [-0.1, -0.05) is 12.1 Å². The highest BCUT2D eigenvalue weighted by Gasteiger charge is 2.26. The number of alkyl halides is 1.